The molecule has 0 aliphatic heterocycles. The SMILES string of the molecule is CC(O)(C(=O)[O-])P(=O)(O)O. The molecule has 0 bridgehead atoms. The molecule has 6 nitrogen and oxygen atoms in total. The predicted octanol–water partition coefficient (Wildman–Crippen LogP) is -2.38. The van der Waals surface area contributed by atoms with Gasteiger partial charge in [-0.05, 0) is 6.92 Å². The Morgan fingerprint density at radius 1 is 1.60 bits per heavy atom. The second kappa shape index (κ2) is 2.32. The van der Waals surface area contributed by atoms with Crippen LogP contribution >= 0.6 is 7.60 Å². The highest BCUT2D eigenvalue weighted by Crippen LogP contribution is 2.47. The molecule has 0 amide bonds. The van der Waals surface area contributed by atoms with E-state index in [2.05, 4.69) is 0 Å². The number of rotatable bonds is 2. The van der Waals surface area contributed by atoms with E-state index in [1.165, 1.54) is 0 Å². The lowest BCUT2D eigenvalue weighted by Crippen LogP contribution is -2.45. The molecule has 1 unspecified atom stereocenters. The zero-order valence-electron chi connectivity index (χ0n) is 5.01. The monoisotopic (exact) mass is 169 g/mol. The third-order valence-corrected chi connectivity index (χ3v) is 2.27. The molecule has 7 heteroatoms. The molecule has 0 aromatic heterocycles. The van der Waals surface area contributed by atoms with Crippen LogP contribution in [-0.4, -0.2) is 26.2 Å². The predicted molar refractivity (Wildman–Crippen MR) is 27.7 cm³/mol. The van der Waals surface area contributed by atoms with Gasteiger partial charge in [-0.25, -0.2) is 0 Å². The van der Waals surface area contributed by atoms with Gasteiger partial charge in [-0.2, -0.15) is 0 Å². The molecule has 0 aliphatic carbocycles. The first-order valence-corrected chi connectivity index (χ1v) is 3.80. The van der Waals surface area contributed by atoms with E-state index in [4.69, 9.17) is 14.9 Å². The maximum absolute atomic E-state index is 10.1. The number of aliphatic hydroxyl groups is 1. The van der Waals surface area contributed by atoms with Crippen molar-refractivity contribution < 1.29 is 29.4 Å². The largest absolute Gasteiger partial charge is 0.546 e. The van der Waals surface area contributed by atoms with Gasteiger partial charge < -0.3 is 24.8 Å². The van der Waals surface area contributed by atoms with Gasteiger partial charge in [0.2, 0.25) is 5.34 Å². The summed E-state index contributed by atoms with van der Waals surface area (Å²) in [5, 5.41) is 15.2. The third kappa shape index (κ3) is 1.54. The van der Waals surface area contributed by atoms with Crippen molar-refractivity contribution in [3.63, 3.8) is 0 Å². The van der Waals surface area contributed by atoms with Crippen molar-refractivity contribution in [3.8, 4) is 0 Å². The fraction of sp³-hybridized carbons (Fsp3) is 0.667. The van der Waals surface area contributed by atoms with Crippen molar-refractivity contribution in [2.24, 2.45) is 0 Å². The Kier molecular flexibility index (Phi) is 2.22. The van der Waals surface area contributed by atoms with Gasteiger partial charge in [-0.15, -0.1) is 0 Å². The van der Waals surface area contributed by atoms with Crippen molar-refractivity contribution >= 4 is 13.6 Å². The summed E-state index contributed by atoms with van der Waals surface area (Å²) in [7, 11) is -5.03. The van der Waals surface area contributed by atoms with Gasteiger partial charge in [0.05, 0.1) is 5.97 Å². The molecular formula is C3H6O6P-. The highest BCUT2D eigenvalue weighted by atomic mass is 31.2. The molecule has 0 aromatic rings. The van der Waals surface area contributed by atoms with Crippen molar-refractivity contribution in [2.75, 3.05) is 0 Å². The first-order valence-electron chi connectivity index (χ1n) is 2.19. The fourth-order valence-electron chi connectivity index (χ4n) is 0.119. The third-order valence-electron chi connectivity index (χ3n) is 0.954. The zero-order chi connectivity index (χ0) is 8.58. The molecule has 3 N–H and O–H groups in total. The van der Waals surface area contributed by atoms with E-state index in [1.54, 1.807) is 0 Å². The molecular weight excluding hydrogens is 163 g/mol. The van der Waals surface area contributed by atoms with Crippen molar-refractivity contribution in [1.82, 2.24) is 0 Å². The summed E-state index contributed by atoms with van der Waals surface area (Å²) < 4.78 is 10.1. The van der Waals surface area contributed by atoms with Crippen LogP contribution in [0.25, 0.3) is 0 Å². The molecule has 0 fully saturated rings. The van der Waals surface area contributed by atoms with Gasteiger partial charge in [0.15, 0.2) is 0 Å². The number of carboxylic acid groups (broad SMARTS) is 1. The highest BCUT2D eigenvalue weighted by Gasteiger charge is 2.41. The van der Waals surface area contributed by atoms with Gasteiger partial charge in [0, 0.05) is 0 Å². The zero-order valence-corrected chi connectivity index (χ0v) is 5.91. The quantitative estimate of drug-likeness (QED) is 0.397. The van der Waals surface area contributed by atoms with Crippen LogP contribution in [0.1, 0.15) is 6.92 Å². The van der Waals surface area contributed by atoms with Crippen LogP contribution in [-0.2, 0) is 9.36 Å². The Hall–Kier alpha value is -0.420. The van der Waals surface area contributed by atoms with Crippen LogP contribution in [0, 0.1) is 0 Å². The van der Waals surface area contributed by atoms with Gasteiger partial charge in [0.1, 0.15) is 0 Å². The second-order valence-corrected chi connectivity index (χ2v) is 3.81. The number of carboxylic acids is 1. The smallest absolute Gasteiger partial charge is 0.362 e. The Labute approximate surface area is 56.3 Å². The highest BCUT2D eigenvalue weighted by molar-refractivity contribution is 7.54. The van der Waals surface area contributed by atoms with Crippen molar-refractivity contribution in [2.45, 2.75) is 12.3 Å². The first kappa shape index (κ1) is 9.58. The lowest BCUT2D eigenvalue weighted by molar-refractivity contribution is -0.318. The first-order chi connectivity index (χ1) is 4.19. The molecule has 1 atom stereocenters. The average Bonchev–Trinajstić information content (AvgIpc) is 1.62. The summed E-state index contributed by atoms with van der Waals surface area (Å²) in [6.45, 7) is 0.475. The summed E-state index contributed by atoms with van der Waals surface area (Å²) in [4.78, 5) is 26.1. The molecule has 60 valence electrons. The van der Waals surface area contributed by atoms with E-state index in [0.29, 0.717) is 6.92 Å². The van der Waals surface area contributed by atoms with Gasteiger partial charge in [-0.3, -0.25) is 4.57 Å². The molecule has 10 heavy (non-hydrogen) atoms. The lowest BCUT2D eigenvalue weighted by Gasteiger charge is -2.24. The van der Waals surface area contributed by atoms with E-state index in [0.717, 1.165) is 0 Å². The fourth-order valence-corrected chi connectivity index (χ4v) is 0.357. The molecule has 0 aliphatic rings. The minimum absolute atomic E-state index is 0.475. The van der Waals surface area contributed by atoms with E-state index < -0.39 is 18.9 Å². The Bertz CT molecular complexity index is 189. The standard InChI is InChI=1S/C3H7O6P/c1-3(6,2(4)5)10(7,8)9/h6H,1H3,(H,4,5)(H2,7,8,9)/p-1. The summed E-state index contributed by atoms with van der Waals surface area (Å²) in [6.07, 6.45) is 0. The van der Waals surface area contributed by atoms with Crippen molar-refractivity contribution in [3.05, 3.63) is 0 Å². The summed E-state index contributed by atoms with van der Waals surface area (Å²) in [5.41, 5.74) is 0. The Morgan fingerprint density at radius 3 is 1.90 bits per heavy atom. The molecule has 0 rings (SSSR count). The average molecular weight is 169 g/mol. The summed E-state index contributed by atoms with van der Waals surface area (Å²) in [5.74, 6) is -2.19. The maximum atomic E-state index is 10.1. The Morgan fingerprint density at radius 2 is 1.90 bits per heavy atom. The maximum Gasteiger partial charge on any atom is 0.362 e. The number of hydrogen-bond donors (Lipinski definition) is 3. The summed E-state index contributed by atoms with van der Waals surface area (Å²) >= 11 is 0. The normalized spacial score (nSPS) is 18.0. The molecule has 0 aromatic carbocycles. The molecule has 0 saturated carbocycles. The lowest BCUT2D eigenvalue weighted by atomic mass is 10.4. The van der Waals surface area contributed by atoms with E-state index in [-0.39, 0.29) is 0 Å². The van der Waals surface area contributed by atoms with E-state index in [1.807, 2.05) is 0 Å². The number of carbonyl (C=O) groups is 1. The minimum atomic E-state index is -5.03. The van der Waals surface area contributed by atoms with Crippen molar-refractivity contribution in [1.29, 1.82) is 0 Å². The Balaban J connectivity index is 4.75. The topological polar surface area (TPSA) is 118 Å². The van der Waals surface area contributed by atoms with Gasteiger partial charge in [-0.1, -0.05) is 0 Å². The molecule has 0 heterocycles. The van der Waals surface area contributed by atoms with E-state index in [9.17, 15) is 14.5 Å². The molecule has 0 spiro atoms. The summed E-state index contributed by atoms with van der Waals surface area (Å²) in [6, 6.07) is 0. The molecule has 0 radical (unpaired) electrons. The van der Waals surface area contributed by atoms with Crippen LogP contribution in [0.5, 0.6) is 0 Å². The molecule has 0 saturated heterocycles. The van der Waals surface area contributed by atoms with Gasteiger partial charge >= 0.3 is 7.60 Å². The van der Waals surface area contributed by atoms with Gasteiger partial charge in [0.25, 0.3) is 0 Å². The van der Waals surface area contributed by atoms with Crippen LogP contribution in [0.4, 0.5) is 0 Å². The number of aliphatic carboxylic acids is 1. The second-order valence-electron chi connectivity index (χ2n) is 1.85. The number of carbonyl (C=O) groups excluding carboxylic acids is 1. The number of hydrogen-bond acceptors (Lipinski definition) is 4. The van der Waals surface area contributed by atoms with Crippen LogP contribution in [0.2, 0.25) is 0 Å². The van der Waals surface area contributed by atoms with Crippen LogP contribution in [0.15, 0.2) is 0 Å². The minimum Gasteiger partial charge on any atom is -0.546 e. The van der Waals surface area contributed by atoms with Crippen LogP contribution < -0.4 is 5.11 Å². The van der Waals surface area contributed by atoms with Crippen LogP contribution in [0.3, 0.4) is 0 Å². The van der Waals surface area contributed by atoms with E-state index >= 15 is 0 Å².